The quantitative estimate of drug-likeness (QED) is 0.698. The largest absolute Gasteiger partial charge is 0.477 e. The van der Waals surface area contributed by atoms with E-state index in [-0.39, 0.29) is 16.7 Å². The third-order valence-corrected chi connectivity index (χ3v) is 3.33. The predicted molar refractivity (Wildman–Crippen MR) is 93.9 cm³/mol. The van der Waals surface area contributed by atoms with Gasteiger partial charge in [-0.2, -0.15) is 0 Å². The van der Waals surface area contributed by atoms with E-state index >= 15 is 0 Å². The standard InChI is InChI=1S/C16H20Cl2N2O5/c1-9(2)7-19-16(23)20-14(21)8-24-15(22)10(3)25-13-5-4-11(17)6-12(13)18/h4-6,9-10H,7-8H2,1-3H3,(H2,19,20,21,23). The van der Waals surface area contributed by atoms with Gasteiger partial charge in [0.25, 0.3) is 5.91 Å². The maximum absolute atomic E-state index is 11.8. The van der Waals surface area contributed by atoms with Crippen molar-refractivity contribution in [1.29, 1.82) is 0 Å². The first-order chi connectivity index (χ1) is 11.7. The van der Waals surface area contributed by atoms with E-state index < -0.39 is 30.6 Å². The molecule has 25 heavy (non-hydrogen) atoms. The van der Waals surface area contributed by atoms with E-state index in [9.17, 15) is 14.4 Å². The van der Waals surface area contributed by atoms with Gasteiger partial charge in [0, 0.05) is 11.6 Å². The highest BCUT2D eigenvalue weighted by Crippen LogP contribution is 2.28. The average Bonchev–Trinajstić information content (AvgIpc) is 2.53. The van der Waals surface area contributed by atoms with E-state index in [4.69, 9.17) is 32.7 Å². The highest BCUT2D eigenvalue weighted by molar-refractivity contribution is 6.35. The van der Waals surface area contributed by atoms with Crippen molar-refractivity contribution >= 4 is 41.1 Å². The minimum absolute atomic E-state index is 0.242. The van der Waals surface area contributed by atoms with E-state index in [1.165, 1.54) is 19.1 Å². The summed E-state index contributed by atoms with van der Waals surface area (Å²) in [7, 11) is 0. The molecular weight excluding hydrogens is 371 g/mol. The van der Waals surface area contributed by atoms with Crippen LogP contribution in [0.2, 0.25) is 10.0 Å². The van der Waals surface area contributed by atoms with Crippen LogP contribution in [0.1, 0.15) is 20.8 Å². The number of nitrogens with one attached hydrogen (secondary N) is 2. The Balaban J connectivity index is 2.39. The number of carbonyl (C=O) groups is 3. The van der Waals surface area contributed by atoms with Gasteiger partial charge < -0.3 is 14.8 Å². The van der Waals surface area contributed by atoms with Gasteiger partial charge in [0.2, 0.25) is 0 Å². The topological polar surface area (TPSA) is 93.7 Å². The van der Waals surface area contributed by atoms with Crippen molar-refractivity contribution in [2.45, 2.75) is 26.9 Å². The van der Waals surface area contributed by atoms with Gasteiger partial charge in [-0.3, -0.25) is 10.1 Å². The molecule has 7 nitrogen and oxygen atoms in total. The average molecular weight is 391 g/mol. The molecule has 0 aliphatic heterocycles. The highest BCUT2D eigenvalue weighted by atomic mass is 35.5. The second kappa shape index (κ2) is 10.1. The third-order valence-electron chi connectivity index (χ3n) is 2.80. The van der Waals surface area contributed by atoms with E-state index in [0.717, 1.165) is 0 Å². The van der Waals surface area contributed by atoms with Crippen molar-refractivity contribution in [1.82, 2.24) is 10.6 Å². The lowest BCUT2D eigenvalue weighted by atomic mass is 10.2. The van der Waals surface area contributed by atoms with Gasteiger partial charge in [0.1, 0.15) is 5.75 Å². The first kappa shape index (κ1) is 21.1. The lowest BCUT2D eigenvalue weighted by molar-refractivity contribution is -0.154. The SMILES string of the molecule is CC(C)CNC(=O)NC(=O)COC(=O)C(C)Oc1ccc(Cl)cc1Cl. The molecule has 0 aliphatic rings. The van der Waals surface area contributed by atoms with Crippen molar-refractivity contribution in [2.75, 3.05) is 13.2 Å². The van der Waals surface area contributed by atoms with Crippen LogP contribution in [0.15, 0.2) is 18.2 Å². The van der Waals surface area contributed by atoms with Crippen LogP contribution in [0.3, 0.4) is 0 Å². The Kier molecular flexibility index (Phi) is 8.51. The van der Waals surface area contributed by atoms with Crippen molar-refractivity contribution in [3.05, 3.63) is 28.2 Å². The van der Waals surface area contributed by atoms with Crippen LogP contribution in [0.5, 0.6) is 5.75 Å². The molecule has 138 valence electrons. The Labute approximate surface area is 155 Å². The van der Waals surface area contributed by atoms with Gasteiger partial charge in [0.05, 0.1) is 5.02 Å². The molecule has 1 atom stereocenters. The molecule has 0 radical (unpaired) electrons. The third kappa shape index (κ3) is 8.09. The molecule has 9 heteroatoms. The number of urea groups is 1. The summed E-state index contributed by atoms with van der Waals surface area (Å²) in [4.78, 5) is 34.8. The number of hydrogen-bond donors (Lipinski definition) is 2. The number of rotatable bonds is 7. The maximum atomic E-state index is 11.8. The molecule has 1 rings (SSSR count). The molecule has 0 aliphatic carbocycles. The molecule has 0 aromatic heterocycles. The van der Waals surface area contributed by atoms with Crippen LogP contribution in [-0.2, 0) is 14.3 Å². The summed E-state index contributed by atoms with van der Waals surface area (Å²) in [5.74, 6) is -1.01. The number of hydrogen-bond acceptors (Lipinski definition) is 5. The smallest absolute Gasteiger partial charge is 0.347 e. The zero-order chi connectivity index (χ0) is 19.0. The fraction of sp³-hybridized carbons (Fsp3) is 0.438. The molecule has 3 amide bonds. The first-order valence-corrected chi connectivity index (χ1v) is 8.30. The van der Waals surface area contributed by atoms with Crippen LogP contribution in [0, 0.1) is 5.92 Å². The van der Waals surface area contributed by atoms with Crippen molar-refractivity contribution in [3.8, 4) is 5.75 Å². The summed E-state index contributed by atoms with van der Waals surface area (Å²) >= 11 is 11.7. The minimum Gasteiger partial charge on any atom is -0.477 e. The molecular formula is C16H20Cl2N2O5. The number of esters is 1. The fourth-order valence-corrected chi connectivity index (χ4v) is 2.02. The molecule has 0 heterocycles. The number of halogens is 2. The predicted octanol–water partition coefficient (Wildman–Crippen LogP) is 2.79. The fourth-order valence-electron chi connectivity index (χ4n) is 1.57. The van der Waals surface area contributed by atoms with Gasteiger partial charge in [-0.05, 0) is 31.0 Å². The minimum atomic E-state index is -0.999. The van der Waals surface area contributed by atoms with E-state index in [1.54, 1.807) is 6.07 Å². The maximum Gasteiger partial charge on any atom is 0.347 e. The first-order valence-electron chi connectivity index (χ1n) is 7.55. The Morgan fingerprint density at radius 1 is 1.16 bits per heavy atom. The van der Waals surface area contributed by atoms with Crippen LogP contribution >= 0.6 is 23.2 Å². The molecule has 0 saturated carbocycles. The van der Waals surface area contributed by atoms with Gasteiger partial charge in [0.15, 0.2) is 12.7 Å². The van der Waals surface area contributed by atoms with E-state index in [0.29, 0.717) is 11.6 Å². The molecule has 2 N–H and O–H groups in total. The summed E-state index contributed by atoms with van der Waals surface area (Å²) in [6, 6.07) is 3.90. The van der Waals surface area contributed by atoms with Crippen molar-refractivity contribution < 1.29 is 23.9 Å². The van der Waals surface area contributed by atoms with Crippen LogP contribution in [0.25, 0.3) is 0 Å². The van der Waals surface area contributed by atoms with Crippen molar-refractivity contribution in [3.63, 3.8) is 0 Å². The van der Waals surface area contributed by atoms with E-state index in [1.807, 2.05) is 13.8 Å². The monoisotopic (exact) mass is 390 g/mol. The summed E-state index contributed by atoms with van der Waals surface area (Å²) in [6.07, 6.45) is -0.999. The molecule has 1 aromatic carbocycles. The normalized spacial score (nSPS) is 11.6. The Morgan fingerprint density at radius 3 is 2.44 bits per heavy atom. The van der Waals surface area contributed by atoms with Crippen LogP contribution in [-0.4, -0.2) is 37.2 Å². The second-order valence-electron chi connectivity index (χ2n) is 5.59. The lowest BCUT2D eigenvalue weighted by Gasteiger charge is -2.15. The van der Waals surface area contributed by atoms with Gasteiger partial charge in [-0.1, -0.05) is 37.0 Å². The number of imide groups is 1. The number of benzene rings is 1. The Hall–Kier alpha value is -1.99. The molecule has 0 bridgehead atoms. The number of carbonyl (C=O) groups excluding carboxylic acids is 3. The molecule has 1 aromatic rings. The van der Waals surface area contributed by atoms with Crippen molar-refractivity contribution in [2.24, 2.45) is 5.92 Å². The van der Waals surface area contributed by atoms with Gasteiger partial charge in [-0.15, -0.1) is 0 Å². The molecule has 0 saturated heterocycles. The zero-order valence-electron chi connectivity index (χ0n) is 14.1. The van der Waals surface area contributed by atoms with Gasteiger partial charge >= 0.3 is 12.0 Å². The molecule has 1 unspecified atom stereocenters. The number of ether oxygens (including phenoxy) is 2. The lowest BCUT2D eigenvalue weighted by Crippen LogP contribution is -2.43. The zero-order valence-corrected chi connectivity index (χ0v) is 15.6. The van der Waals surface area contributed by atoms with Crippen LogP contribution in [0.4, 0.5) is 4.79 Å². The summed E-state index contributed by atoms with van der Waals surface area (Å²) < 4.78 is 10.2. The molecule has 0 spiro atoms. The molecule has 0 fully saturated rings. The Bertz CT molecular complexity index is 637. The summed E-state index contributed by atoms with van der Waals surface area (Å²) in [6.45, 7) is 5.10. The van der Waals surface area contributed by atoms with Crippen LogP contribution < -0.4 is 15.4 Å². The number of amides is 3. The summed E-state index contributed by atoms with van der Waals surface area (Å²) in [5, 5.41) is 5.23. The highest BCUT2D eigenvalue weighted by Gasteiger charge is 2.19. The summed E-state index contributed by atoms with van der Waals surface area (Å²) in [5.41, 5.74) is 0. The Morgan fingerprint density at radius 2 is 1.84 bits per heavy atom. The second-order valence-corrected chi connectivity index (χ2v) is 6.44. The van der Waals surface area contributed by atoms with Gasteiger partial charge in [-0.25, -0.2) is 9.59 Å². The van der Waals surface area contributed by atoms with E-state index in [2.05, 4.69) is 10.6 Å².